The lowest BCUT2D eigenvalue weighted by Gasteiger charge is -2.13. The van der Waals surface area contributed by atoms with Gasteiger partial charge in [0.15, 0.2) is 30.9 Å². The van der Waals surface area contributed by atoms with Crippen LogP contribution in [0.4, 0.5) is 71.4 Å². The number of anilines is 12. The molecular weight excluding hydrogens is 1730 g/mol. The molecule has 14 N–H and O–H groups in total. The van der Waals surface area contributed by atoms with E-state index in [1.807, 2.05) is 153 Å². The van der Waals surface area contributed by atoms with E-state index in [1.165, 1.54) is 70.6 Å². The van der Waals surface area contributed by atoms with E-state index in [0.717, 1.165) is 33.4 Å². The fourth-order valence-corrected chi connectivity index (χ4v) is 15.4. The number of halogens is 6. The summed E-state index contributed by atoms with van der Waals surface area (Å²) in [5.41, 5.74) is 12.2. The van der Waals surface area contributed by atoms with Crippen molar-refractivity contribution in [3.63, 3.8) is 0 Å². The molecule has 0 aliphatic rings. The van der Waals surface area contributed by atoms with Crippen LogP contribution >= 0.6 is 140 Å². The second kappa shape index (κ2) is 46.8. The zero-order valence-corrected chi connectivity index (χ0v) is 72.1. The Kier molecular flexibility index (Phi) is 34.8. The van der Waals surface area contributed by atoms with Gasteiger partial charge in [-0.05, 0) is 113 Å². The first kappa shape index (κ1) is 87.1. The van der Waals surface area contributed by atoms with Crippen molar-refractivity contribution in [1.29, 1.82) is 0 Å². The maximum absolute atomic E-state index is 6.26. The maximum atomic E-state index is 6.26. The normalized spacial score (nSPS) is 11.1. The molecule has 117 heavy (non-hydrogen) atoms. The van der Waals surface area contributed by atoms with Crippen molar-refractivity contribution in [2.75, 3.05) is 149 Å². The fraction of sp³-hybridized carbons (Fsp3) is 0.270. The molecule has 0 radical (unpaired) electrons. The van der Waals surface area contributed by atoms with Gasteiger partial charge in [-0.2, -0.15) is 89.7 Å². The van der Waals surface area contributed by atoms with Gasteiger partial charge in [-0.1, -0.05) is 213 Å². The van der Waals surface area contributed by atoms with Crippen LogP contribution in [0.25, 0.3) is 0 Å². The Hall–Kier alpha value is -9.22. The summed E-state index contributed by atoms with van der Waals surface area (Å²) < 4.78 is 0. The monoisotopic (exact) mass is 1800 g/mol. The third-order valence-corrected chi connectivity index (χ3v) is 22.6. The molecule has 608 valence electrons. The first-order chi connectivity index (χ1) is 57.2. The summed E-state index contributed by atoms with van der Waals surface area (Å²) >= 11 is 46.1. The van der Waals surface area contributed by atoms with Gasteiger partial charge in [-0.25, -0.2) is 0 Å². The van der Waals surface area contributed by atoms with Crippen LogP contribution in [0, 0.1) is 0 Å². The van der Waals surface area contributed by atoms with Gasteiger partial charge in [-0.3, -0.25) is 0 Å². The number of hydrogen-bond donors (Lipinski definition) is 13. The standard InChI is InChI=1S/C74H79Cl6N31S6/c1-2-82-57-94-59(102-69(100-57)112-39-45-3-15-51(75)16-4-45)84-29-30-86-61-96-63(106-71(104-61)114-41-47-7-19-53(77)20-8-47)88-33-34-90-65-98-67(110-73(108-65)116-43-49-11-23-55(79)24-12-49)92-37-38-93-68-99-66(109-74(111-68)117-44-50-13-25-56(80)26-14-50)91-36-35-89-64-97-62(105-72(107-64)115-42-48-9-21-54(78)22-10-48)87-32-31-85-60-95-58(83-28-27-81)101-70(103-60)113-40-46-5-17-52(76)18-6-46/h3-26H,2,27-44,81H2,1H3,(H2,82,84,94,100,102)(H2,83,85,95,101,103)(H2,86,88,96,104,106)(H2,87,89,97,105,107)(H2,90,92,98,108,110)(H2,91,93,99,109,111). The number of hydrogen-bond acceptors (Lipinski definition) is 37. The van der Waals surface area contributed by atoms with Crippen molar-refractivity contribution >= 4 is 212 Å². The Labute approximate surface area is 731 Å². The van der Waals surface area contributed by atoms with E-state index in [-0.39, 0.29) is 0 Å². The summed E-state index contributed by atoms with van der Waals surface area (Å²) in [5, 5.41) is 47.0. The van der Waals surface area contributed by atoms with E-state index in [0.29, 0.717) is 252 Å². The first-order valence-corrected chi connectivity index (χ1v) is 44.7. The van der Waals surface area contributed by atoms with Gasteiger partial charge in [0.1, 0.15) is 0 Å². The molecule has 0 amide bonds. The van der Waals surface area contributed by atoms with E-state index in [9.17, 15) is 0 Å². The first-order valence-electron chi connectivity index (χ1n) is 36.5. The summed E-state index contributed by atoms with van der Waals surface area (Å²) in [6.07, 6.45) is 0. The van der Waals surface area contributed by atoms with Crippen molar-refractivity contribution in [3.8, 4) is 0 Å². The molecule has 0 atom stereocenters. The smallest absolute Gasteiger partial charge is 0.228 e. The lowest BCUT2D eigenvalue weighted by atomic mass is 10.2. The number of rotatable bonds is 48. The Bertz CT molecular complexity index is 5100. The average Bonchev–Trinajstić information content (AvgIpc) is 0.868. The zero-order chi connectivity index (χ0) is 81.2. The zero-order valence-electron chi connectivity index (χ0n) is 62.6. The molecule has 0 saturated carbocycles. The number of aromatic nitrogens is 18. The molecule has 6 aromatic carbocycles. The van der Waals surface area contributed by atoms with Crippen LogP contribution in [0.5, 0.6) is 0 Å². The lowest BCUT2D eigenvalue weighted by Crippen LogP contribution is -2.21. The van der Waals surface area contributed by atoms with Gasteiger partial charge in [-0.15, -0.1) is 0 Å². The highest BCUT2D eigenvalue weighted by Crippen LogP contribution is 2.30. The van der Waals surface area contributed by atoms with Crippen molar-refractivity contribution in [3.05, 3.63) is 209 Å². The van der Waals surface area contributed by atoms with Crippen molar-refractivity contribution < 1.29 is 0 Å². The highest BCUT2D eigenvalue weighted by atomic mass is 35.5. The Balaban J connectivity index is 0.674. The number of thioether (sulfide) groups is 6. The highest BCUT2D eigenvalue weighted by molar-refractivity contribution is 7.99. The molecule has 6 heterocycles. The van der Waals surface area contributed by atoms with Gasteiger partial charge in [0, 0.05) is 150 Å². The molecule has 43 heteroatoms. The second-order valence-electron chi connectivity index (χ2n) is 24.6. The minimum atomic E-state index is 0.346. The molecule has 12 aromatic rings. The third kappa shape index (κ3) is 30.9. The van der Waals surface area contributed by atoms with Crippen molar-refractivity contribution in [2.24, 2.45) is 5.73 Å². The summed E-state index contributed by atoms with van der Waals surface area (Å²) in [7, 11) is 0. The number of nitrogens with one attached hydrogen (secondary N) is 12. The molecule has 0 saturated heterocycles. The van der Waals surface area contributed by atoms with Crippen LogP contribution < -0.4 is 69.5 Å². The van der Waals surface area contributed by atoms with E-state index >= 15 is 0 Å². The van der Waals surface area contributed by atoms with Gasteiger partial charge >= 0.3 is 0 Å². The maximum Gasteiger partial charge on any atom is 0.228 e. The molecule has 0 fully saturated rings. The van der Waals surface area contributed by atoms with Gasteiger partial charge in [0.25, 0.3) is 0 Å². The molecular formula is C74H79Cl6N31S6. The minimum Gasteiger partial charge on any atom is -0.354 e. The number of nitrogens with zero attached hydrogens (tertiary/aromatic N) is 18. The number of nitrogens with two attached hydrogens (primary N) is 1. The van der Waals surface area contributed by atoms with Crippen LogP contribution in [-0.2, 0) is 34.5 Å². The van der Waals surface area contributed by atoms with E-state index in [1.54, 1.807) is 0 Å². The summed E-state index contributed by atoms with van der Waals surface area (Å²) in [6.45, 7) is 7.44. The summed E-state index contributed by atoms with van der Waals surface area (Å²) in [5.74, 6) is 8.21. The Morgan fingerprint density at radius 1 is 0.205 bits per heavy atom. The van der Waals surface area contributed by atoms with E-state index in [2.05, 4.69) is 93.7 Å². The van der Waals surface area contributed by atoms with Crippen LogP contribution in [-0.4, -0.2) is 175 Å². The SMILES string of the molecule is CCNc1nc(NCCNc2nc(NCCNc3nc(NCCNc4nc(NCCNc5nc(NCCNc6nc(NCCN)nc(SCc7ccc(Cl)cc7)n6)nc(SCc6ccc(Cl)cc6)n5)nc(SCc5ccc(Cl)cc5)n4)nc(SCc4ccc(Cl)cc4)n3)nc(SCc3ccc(Cl)cc3)n2)nc(SCc2ccc(Cl)cc2)n1. The molecule has 6 aromatic heterocycles. The van der Waals surface area contributed by atoms with E-state index < -0.39 is 0 Å². The predicted octanol–water partition coefficient (Wildman–Crippen LogP) is 15.9. The third-order valence-electron chi connectivity index (χ3n) is 15.6. The molecule has 31 nitrogen and oxygen atoms in total. The van der Waals surface area contributed by atoms with Crippen LogP contribution in [0.15, 0.2) is 177 Å². The Morgan fingerprint density at radius 2 is 0.342 bits per heavy atom. The minimum absolute atomic E-state index is 0.346. The van der Waals surface area contributed by atoms with Gasteiger partial charge < -0.3 is 69.5 Å². The summed E-state index contributed by atoms with van der Waals surface area (Å²) in [4.78, 5) is 85.2. The van der Waals surface area contributed by atoms with Crippen molar-refractivity contribution in [2.45, 2.75) is 72.4 Å². The van der Waals surface area contributed by atoms with Crippen LogP contribution in [0.1, 0.15) is 40.3 Å². The van der Waals surface area contributed by atoms with Crippen molar-refractivity contribution in [1.82, 2.24) is 89.7 Å². The van der Waals surface area contributed by atoms with Gasteiger partial charge in [0.2, 0.25) is 71.4 Å². The largest absolute Gasteiger partial charge is 0.354 e. The topological polar surface area (TPSA) is 402 Å². The Morgan fingerprint density at radius 3 is 0.479 bits per heavy atom. The quantitative estimate of drug-likeness (QED) is 0.0124. The van der Waals surface area contributed by atoms with E-state index in [4.69, 9.17) is 135 Å². The van der Waals surface area contributed by atoms with Gasteiger partial charge in [0.05, 0.1) is 0 Å². The van der Waals surface area contributed by atoms with Crippen LogP contribution in [0.3, 0.4) is 0 Å². The highest BCUT2D eigenvalue weighted by Gasteiger charge is 2.17. The van der Waals surface area contributed by atoms with Crippen LogP contribution in [0.2, 0.25) is 30.1 Å². The molecule has 0 bridgehead atoms. The molecule has 0 aliphatic heterocycles. The lowest BCUT2D eigenvalue weighted by molar-refractivity contribution is 0.860. The summed E-state index contributed by atoms with van der Waals surface area (Å²) in [6, 6.07) is 46.0. The predicted molar refractivity (Wildman–Crippen MR) is 482 cm³/mol. The molecule has 0 unspecified atom stereocenters. The number of benzene rings is 6. The average molecular weight is 1810 g/mol. The molecule has 0 aliphatic carbocycles. The second-order valence-corrected chi connectivity index (χ2v) is 32.9. The molecule has 12 rings (SSSR count). The molecule has 0 spiro atoms. The fourth-order valence-electron chi connectivity index (χ4n) is 9.93.